The number of imidazole rings is 1. The Morgan fingerprint density at radius 2 is 2.33 bits per heavy atom. The highest BCUT2D eigenvalue weighted by Crippen LogP contribution is 2.54. The van der Waals surface area contributed by atoms with Gasteiger partial charge in [0.1, 0.15) is 5.82 Å². The first-order chi connectivity index (χ1) is 8.36. The van der Waals surface area contributed by atoms with Crippen molar-refractivity contribution in [3.05, 3.63) is 12.0 Å². The number of carbonyl (C=O) groups is 1. The van der Waals surface area contributed by atoms with Crippen LogP contribution in [0.5, 0.6) is 0 Å². The van der Waals surface area contributed by atoms with Crippen LogP contribution in [0.3, 0.4) is 0 Å². The minimum atomic E-state index is -4.24. The van der Waals surface area contributed by atoms with Crippen molar-refractivity contribution in [1.29, 1.82) is 0 Å². The van der Waals surface area contributed by atoms with Crippen molar-refractivity contribution in [2.24, 2.45) is 5.92 Å². The van der Waals surface area contributed by atoms with Gasteiger partial charge in [-0.1, -0.05) is 0 Å². The van der Waals surface area contributed by atoms with E-state index in [0.717, 1.165) is 6.33 Å². The van der Waals surface area contributed by atoms with Gasteiger partial charge < -0.3 is 15.0 Å². The molecule has 0 unspecified atom stereocenters. The molecule has 0 bridgehead atoms. The van der Waals surface area contributed by atoms with Crippen LogP contribution in [0.15, 0.2) is 6.33 Å². The summed E-state index contributed by atoms with van der Waals surface area (Å²) in [5.41, 5.74) is 5.48. The van der Waals surface area contributed by atoms with E-state index in [1.807, 2.05) is 0 Å². The standard InChI is InChI=1S/C10H12F3N3O2/c1-2-18-9(17)7-8(14)16(4-15-7)6-3-5(6)10(11,12)13/h4-6H,2-3,14H2,1H3/t5-,6-/m1/s1. The number of aromatic nitrogens is 2. The Kier molecular flexibility index (Phi) is 2.95. The molecule has 0 aromatic carbocycles. The van der Waals surface area contributed by atoms with Crippen LogP contribution in [-0.2, 0) is 4.74 Å². The van der Waals surface area contributed by atoms with Crippen LogP contribution in [-0.4, -0.2) is 28.3 Å². The zero-order valence-corrected chi connectivity index (χ0v) is 9.57. The van der Waals surface area contributed by atoms with Gasteiger partial charge in [0.2, 0.25) is 0 Å². The van der Waals surface area contributed by atoms with E-state index in [2.05, 4.69) is 4.98 Å². The third kappa shape index (κ3) is 2.14. The van der Waals surface area contributed by atoms with Gasteiger partial charge in [-0.15, -0.1) is 0 Å². The number of halogens is 3. The summed E-state index contributed by atoms with van der Waals surface area (Å²) in [6.07, 6.45) is -3.13. The molecule has 8 heteroatoms. The van der Waals surface area contributed by atoms with Crippen molar-refractivity contribution in [3.8, 4) is 0 Å². The molecule has 0 saturated heterocycles. The van der Waals surface area contributed by atoms with Crippen LogP contribution in [0.4, 0.5) is 19.0 Å². The van der Waals surface area contributed by atoms with Crippen molar-refractivity contribution in [3.63, 3.8) is 0 Å². The molecule has 1 saturated carbocycles. The molecule has 0 amide bonds. The van der Waals surface area contributed by atoms with E-state index in [9.17, 15) is 18.0 Å². The number of hydrogen-bond acceptors (Lipinski definition) is 4. The SMILES string of the molecule is CCOC(=O)c1ncn([C@@H]2C[C@H]2C(F)(F)F)c1N. The number of nitrogen functional groups attached to an aromatic ring is 1. The number of anilines is 1. The zero-order chi connectivity index (χ0) is 13.5. The average Bonchev–Trinajstić information content (AvgIpc) is 2.97. The highest BCUT2D eigenvalue weighted by atomic mass is 19.4. The van der Waals surface area contributed by atoms with Gasteiger partial charge in [0.15, 0.2) is 5.69 Å². The number of nitrogens with two attached hydrogens (primary N) is 1. The Labute approximate surface area is 101 Å². The van der Waals surface area contributed by atoms with Gasteiger partial charge in [0.05, 0.1) is 18.9 Å². The monoisotopic (exact) mass is 263 g/mol. The Morgan fingerprint density at radius 1 is 1.67 bits per heavy atom. The van der Waals surface area contributed by atoms with Crippen LogP contribution in [0, 0.1) is 5.92 Å². The average molecular weight is 263 g/mol. The first kappa shape index (κ1) is 12.7. The number of nitrogens with zero attached hydrogens (tertiary/aromatic N) is 2. The molecule has 1 aliphatic carbocycles. The fraction of sp³-hybridized carbons (Fsp3) is 0.600. The maximum atomic E-state index is 12.4. The maximum absolute atomic E-state index is 12.4. The van der Waals surface area contributed by atoms with E-state index in [4.69, 9.17) is 10.5 Å². The highest BCUT2D eigenvalue weighted by molar-refractivity contribution is 5.92. The predicted octanol–water partition coefficient (Wildman–Crippen LogP) is 1.77. The van der Waals surface area contributed by atoms with Crippen molar-refractivity contribution < 1.29 is 22.7 Å². The minimum absolute atomic E-state index is 0.0354. The zero-order valence-electron chi connectivity index (χ0n) is 9.57. The molecule has 2 N–H and O–H groups in total. The molecular weight excluding hydrogens is 251 g/mol. The summed E-state index contributed by atoms with van der Waals surface area (Å²) >= 11 is 0. The summed E-state index contributed by atoms with van der Waals surface area (Å²) in [6, 6.07) is -0.763. The Bertz CT molecular complexity index is 469. The van der Waals surface area contributed by atoms with Crippen LogP contribution in [0.1, 0.15) is 29.9 Å². The van der Waals surface area contributed by atoms with E-state index in [1.165, 1.54) is 4.57 Å². The predicted molar refractivity (Wildman–Crippen MR) is 55.8 cm³/mol. The lowest BCUT2D eigenvalue weighted by Crippen LogP contribution is -2.14. The lowest BCUT2D eigenvalue weighted by atomic mass is 10.4. The van der Waals surface area contributed by atoms with Gasteiger partial charge >= 0.3 is 12.1 Å². The van der Waals surface area contributed by atoms with Gasteiger partial charge in [-0.2, -0.15) is 13.2 Å². The normalized spacial score (nSPS) is 22.9. The summed E-state index contributed by atoms with van der Waals surface area (Å²) in [6.45, 7) is 1.77. The largest absolute Gasteiger partial charge is 0.461 e. The van der Waals surface area contributed by atoms with Gasteiger partial charge in [-0.3, -0.25) is 0 Å². The molecule has 1 aromatic heterocycles. The number of rotatable bonds is 3. The summed E-state index contributed by atoms with van der Waals surface area (Å²) in [4.78, 5) is 15.1. The molecule has 1 fully saturated rings. The van der Waals surface area contributed by atoms with Crippen LogP contribution >= 0.6 is 0 Å². The molecule has 0 aliphatic heterocycles. The second-order valence-electron chi connectivity index (χ2n) is 4.06. The fourth-order valence-corrected chi connectivity index (χ4v) is 1.83. The molecule has 0 radical (unpaired) electrons. The second-order valence-corrected chi connectivity index (χ2v) is 4.06. The molecule has 1 aliphatic rings. The molecule has 2 atom stereocenters. The number of ether oxygens (including phenoxy) is 1. The second kappa shape index (κ2) is 4.18. The Morgan fingerprint density at radius 3 is 2.83 bits per heavy atom. The van der Waals surface area contributed by atoms with Gasteiger partial charge in [-0.25, -0.2) is 9.78 Å². The topological polar surface area (TPSA) is 70.1 Å². The molecule has 2 rings (SSSR count). The van der Waals surface area contributed by atoms with E-state index < -0.39 is 24.1 Å². The summed E-state index contributed by atoms with van der Waals surface area (Å²) in [7, 11) is 0. The molecule has 1 heterocycles. The molecule has 1 aromatic rings. The smallest absolute Gasteiger partial charge is 0.393 e. The van der Waals surface area contributed by atoms with E-state index in [1.54, 1.807) is 6.92 Å². The Hall–Kier alpha value is -1.73. The summed E-state index contributed by atoms with van der Waals surface area (Å²) in [5.74, 6) is -2.22. The van der Waals surface area contributed by atoms with Gasteiger partial charge in [0, 0.05) is 6.04 Å². The lowest BCUT2D eigenvalue weighted by Gasteiger charge is -2.07. The molecule has 18 heavy (non-hydrogen) atoms. The number of carbonyl (C=O) groups excluding carboxylic acids is 1. The quantitative estimate of drug-likeness (QED) is 0.844. The van der Waals surface area contributed by atoms with Crippen molar-refractivity contribution in [1.82, 2.24) is 9.55 Å². The fourth-order valence-electron chi connectivity index (χ4n) is 1.83. The Balaban J connectivity index is 2.16. The third-order valence-electron chi connectivity index (χ3n) is 2.84. The lowest BCUT2D eigenvalue weighted by molar-refractivity contribution is -0.150. The maximum Gasteiger partial charge on any atom is 0.393 e. The highest BCUT2D eigenvalue weighted by Gasteiger charge is 2.57. The van der Waals surface area contributed by atoms with Crippen LogP contribution in [0.2, 0.25) is 0 Å². The molecule has 100 valence electrons. The van der Waals surface area contributed by atoms with E-state index in [-0.39, 0.29) is 24.5 Å². The number of hydrogen-bond donors (Lipinski definition) is 1. The summed E-state index contributed by atoms with van der Waals surface area (Å²) in [5, 5.41) is 0. The number of alkyl halides is 3. The van der Waals surface area contributed by atoms with Crippen LogP contribution in [0.25, 0.3) is 0 Å². The van der Waals surface area contributed by atoms with E-state index in [0.29, 0.717) is 0 Å². The van der Waals surface area contributed by atoms with Gasteiger partial charge in [0.25, 0.3) is 0 Å². The molecule has 5 nitrogen and oxygen atoms in total. The van der Waals surface area contributed by atoms with Crippen molar-refractivity contribution >= 4 is 11.8 Å². The number of esters is 1. The van der Waals surface area contributed by atoms with Crippen LogP contribution < -0.4 is 5.73 Å². The van der Waals surface area contributed by atoms with Crippen molar-refractivity contribution in [2.45, 2.75) is 25.6 Å². The minimum Gasteiger partial charge on any atom is -0.461 e. The summed E-state index contributed by atoms with van der Waals surface area (Å²) < 4.78 is 43.2. The van der Waals surface area contributed by atoms with Crippen molar-refractivity contribution in [2.75, 3.05) is 12.3 Å². The first-order valence-corrected chi connectivity index (χ1v) is 5.42. The molecule has 0 spiro atoms. The first-order valence-electron chi connectivity index (χ1n) is 5.42. The van der Waals surface area contributed by atoms with Gasteiger partial charge in [-0.05, 0) is 13.3 Å². The third-order valence-corrected chi connectivity index (χ3v) is 2.84. The molecular formula is C10H12F3N3O2. The van der Waals surface area contributed by atoms with E-state index >= 15 is 0 Å².